The standard InChI is InChI=1S/C9H13NO2/c1-10-6-9(12)7-3-2-4-8(11)5-7/h2-5,9-12H,6H2,1H3/i2D,3D,4D,5D,6D2,9D. The first kappa shape index (κ1) is 3.36. The number of benzene rings is 1. The van der Waals surface area contributed by atoms with Gasteiger partial charge in [0, 0.05) is 9.24 Å². The van der Waals surface area contributed by atoms with Gasteiger partial charge in [-0.2, -0.15) is 0 Å². The Morgan fingerprint density at radius 2 is 2.58 bits per heavy atom. The molecule has 1 aromatic rings. The van der Waals surface area contributed by atoms with Gasteiger partial charge in [-0.1, -0.05) is 12.1 Å². The third-order valence-electron chi connectivity index (χ3n) is 1.09. The molecule has 12 heavy (non-hydrogen) atoms. The maximum atomic E-state index is 9.95. The van der Waals surface area contributed by atoms with Gasteiger partial charge in [0.15, 0.2) is 0 Å². The van der Waals surface area contributed by atoms with Crippen LogP contribution in [0.5, 0.6) is 5.75 Å². The summed E-state index contributed by atoms with van der Waals surface area (Å²) in [6.45, 7) is -2.72. The Bertz CT molecular complexity index is 489. The molecular formula is C9H13NO2. The fourth-order valence-corrected chi connectivity index (χ4v) is 0.633. The molecule has 1 atom stereocenters. The fraction of sp³-hybridized carbons (Fsp3) is 0.333. The largest absolute Gasteiger partial charge is 0.508 e. The first-order valence-corrected chi connectivity index (χ1v) is 3.20. The molecule has 1 unspecified atom stereocenters. The van der Waals surface area contributed by atoms with E-state index in [1.165, 1.54) is 0 Å². The molecule has 0 fully saturated rings. The Kier molecular flexibility index (Phi) is 1.14. The van der Waals surface area contributed by atoms with Gasteiger partial charge in [-0.3, -0.25) is 0 Å². The summed E-state index contributed by atoms with van der Waals surface area (Å²) < 4.78 is 52.4. The lowest BCUT2D eigenvalue weighted by Crippen LogP contribution is -2.16. The van der Waals surface area contributed by atoms with Gasteiger partial charge in [0.2, 0.25) is 0 Å². The van der Waals surface area contributed by atoms with Crippen molar-refractivity contribution in [1.29, 1.82) is 0 Å². The SMILES string of the molecule is [2H]c1c([2H])c(O)c([2H])c(C([2H])(O)C([2H])([2H])NC)c1[2H]. The summed E-state index contributed by atoms with van der Waals surface area (Å²) in [5.74, 6) is -0.978. The van der Waals surface area contributed by atoms with E-state index in [0.29, 0.717) is 0 Å². The van der Waals surface area contributed by atoms with Crippen LogP contribution in [-0.2, 0) is 0 Å². The number of rotatable bonds is 3. The van der Waals surface area contributed by atoms with Crippen molar-refractivity contribution in [3.63, 3.8) is 0 Å². The van der Waals surface area contributed by atoms with Gasteiger partial charge in [0.05, 0.1) is 12.9 Å². The van der Waals surface area contributed by atoms with Crippen molar-refractivity contribution >= 4 is 0 Å². The van der Waals surface area contributed by atoms with Gasteiger partial charge in [-0.05, 0) is 24.7 Å². The third-order valence-corrected chi connectivity index (χ3v) is 1.09. The normalized spacial score (nSPS) is 25.0. The summed E-state index contributed by atoms with van der Waals surface area (Å²) in [5.41, 5.74) is -0.870. The zero-order chi connectivity index (χ0) is 15.2. The van der Waals surface area contributed by atoms with Crippen molar-refractivity contribution in [2.45, 2.75) is 6.08 Å². The number of nitrogens with one attached hydrogen (secondary N) is 1. The minimum absolute atomic E-state index is 0.778. The fourth-order valence-electron chi connectivity index (χ4n) is 0.633. The molecule has 0 aliphatic rings. The quantitative estimate of drug-likeness (QED) is 0.630. The summed E-state index contributed by atoms with van der Waals surface area (Å²) in [5, 5.41) is 21.5. The molecule has 1 aromatic carbocycles. The van der Waals surface area contributed by atoms with E-state index >= 15 is 0 Å². The highest BCUT2D eigenvalue weighted by molar-refractivity contribution is 5.28. The third kappa shape index (κ3) is 2.22. The zero-order valence-corrected chi connectivity index (χ0v) is 6.39. The summed E-state index contributed by atoms with van der Waals surface area (Å²) in [7, 11) is 1.13. The molecule has 1 rings (SSSR count). The topological polar surface area (TPSA) is 52.5 Å². The molecule has 0 saturated heterocycles. The van der Waals surface area contributed by atoms with Crippen LogP contribution in [0.25, 0.3) is 0 Å². The Morgan fingerprint density at radius 1 is 1.83 bits per heavy atom. The minimum Gasteiger partial charge on any atom is -0.508 e. The Morgan fingerprint density at radius 3 is 3.25 bits per heavy atom. The number of phenolic OH excluding ortho intramolecular Hbond substituents is 1. The maximum absolute atomic E-state index is 9.95. The number of aromatic hydroxyl groups is 1. The molecule has 3 heteroatoms. The molecule has 3 N–H and O–H groups in total. The van der Waals surface area contributed by atoms with E-state index in [1.807, 2.05) is 5.32 Å². The summed E-state index contributed by atoms with van der Waals surface area (Å²) >= 11 is 0. The van der Waals surface area contributed by atoms with Crippen LogP contribution in [0.15, 0.2) is 24.2 Å². The van der Waals surface area contributed by atoms with Crippen LogP contribution in [0.1, 0.15) is 21.2 Å². The van der Waals surface area contributed by atoms with Crippen molar-refractivity contribution in [2.75, 3.05) is 13.5 Å². The molecule has 0 saturated carbocycles. The second kappa shape index (κ2) is 4.09. The average Bonchev–Trinajstić information content (AvgIpc) is 2.33. The molecule has 66 valence electrons. The Hall–Kier alpha value is -1.06. The van der Waals surface area contributed by atoms with Gasteiger partial charge in [0.1, 0.15) is 5.75 Å². The highest BCUT2D eigenvalue weighted by atomic mass is 16.3. The lowest BCUT2D eigenvalue weighted by atomic mass is 10.1. The number of hydrogen-bond donors (Lipinski definition) is 3. The second-order valence-corrected chi connectivity index (χ2v) is 1.95. The van der Waals surface area contributed by atoms with Crippen molar-refractivity contribution in [3.8, 4) is 5.75 Å². The predicted molar refractivity (Wildman–Crippen MR) is 47.0 cm³/mol. The van der Waals surface area contributed by atoms with Crippen molar-refractivity contribution in [3.05, 3.63) is 29.7 Å². The Labute approximate surface area is 81.5 Å². The first-order chi connectivity index (χ1) is 8.49. The monoisotopic (exact) mass is 174 g/mol. The van der Waals surface area contributed by atoms with E-state index in [4.69, 9.17) is 9.60 Å². The molecule has 0 amide bonds. The van der Waals surface area contributed by atoms with Crippen LogP contribution in [-0.4, -0.2) is 23.8 Å². The van der Waals surface area contributed by atoms with Crippen LogP contribution in [0, 0.1) is 0 Å². The first-order valence-electron chi connectivity index (χ1n) is 6.70. The molecule has 3 nitrogen and oxygen atoms in total. The molecule has 0 aliphatic heterocycles. The van der Waals surface area contributed by atoms with Gasteiger partial charge < -0.3 is 15.5 Å². The van der Waals surface area contributed by atoms with Crippen LogP contribution < -0.4 is 5.32 Å². The number of phenols is 1. The van der Waals surface area contributed by atoms with Gasteiger partial charge >= 0.3 is 0 Å². The summed E-state index contributed by atoms with van der Waals surface area (Å²) in [6, 6.07) is -3.33. The molecule has 0 bridgehead atoms. The second-order valence-electron chi connectivity index (χ2n) is 1.95. The molecule has 0 spiro atoms. The maximum Gasteiger partial charge on any atom is 0.115 e. The number of likely N-dealkylation sites (N-methyl/N-ethyl adjacent to an activating group) is 1. The molecule has 0 aromatic heterocycles. The average molecular weight is 174 g/mol. The molecule has 0 heterocycles. The predicted octanol–water partition coefficient (Wildman–Crippen LogP) is 0.645. The number of aliphatic hydroxyl groups is 1. The van der Waals surface area contributed by atoms with Crippen LogP contribution in [0.2, 0.25) is 0 Å². The van der Waals surface area contributed by atoms with Crippen LogP contribution in [0.3, 0.4) is 0 Å². The van der Waals surface area contributed by atoms with Gasteiger partial charge in [-0.15, -0.1) is 0 Å². The lowest BCUT2D eigenvalue weighted by molar-refractivity contribution is 0.177. The number of hydrogen-bond acceptors (Lipinski definition) is 3. The van der Waals surface area contributed by atoms with E-state index in [9.17, 15) is 10.2 Å². The molecule has 0 radical (unpaired) electrons. The lowest BCUT2D eigenvalue weighted by Gasteiger charge is -2.09. The highest BCUT2D eigenvalue weighted by Crippen LogP contribution is 2.17. The van der Waals surface area contributed by atoms with Crippen molar-refractivity contribution < 1.29 is 19.8 Å². The van der Waals surface area contributed by atoms with Crippen molar-refractivity contribution in [2.24, 2.45) is 0 Å². The van der Waals surface area contributed by atoms with Crippen molar-refractivity contribution in [1.82, 2.24) is 5.32 Å². The van der Waals surface area contributed by atoms with Crippen LogP contribution >= 0.6 is 0 Å². The minimum atomic E-state index is -3.07. The van der Waals surface area contributed by atoms with E-state index in [0.717, 1.165) is 7.05 Å². The van der Waals surface area contributed by atoms with Gasteiger partial charge in [0.25, 0.3) is 0 Å². The smallest absolute Gasteiger partial charge is 0.115 e. The van der Waals surface area contributed by atoms with E-state index in [-0.39, 0.29) is 0 Å². The highest BCUT2D eigenvalue weighted by Gasteiger charge is 2.05. The Balaban J connectivity index is 3.70. The van der Waals surface area contributed by atoms with E-state index in [2.05, 4.69) is 0 Å². The van der Waals surface area contributed by atoms with Gasteiger partial charge in [-0.25, -0.2) is 0 Å². The molecular weight excluding hydrogens is 154 g/mol. The zero-order valence-electron chi connectivity index (χ0n) is 13.4. The van der Waals surface area contributed by atoms with E-state index < -0.39 is 48.1 Å². The van der Waals surface area contributed by atoms with Crippen LogP contribution in [0.4, 0.5) is 0 Å². The summed E-state index contributed by atoms with van der Waals surface area (Å²) in [4.78, 5) is 0. The molecule has 0 aliphatic carbocycles. The van der Waals surface area contributed by atoms with E-state index in [1.54, 1.807) is 0 Å². The summed E-state index contributed by atoms with van der Waals surface area (Å²) in [6.07, 6.45) is -3.07.